The number of pyridine rings is 1. The van der Waals surface area contributed by atoms with Crippen LogP contribution in [0, 0.1) is 0 Å². The van der Waals surface area contributed by atoms with Crippen LogP contribution in [0.4, 0.5) is 26.2 Å². The van der Waals surface area contributed by atoms with E-state index in [9.17, 15) is 18.7 Å². The summed E-state index contributed by atoms with van der Waals surface area (Å²) in [6.07, 6.45) is 4.58. The van der Waals surface area contributed by atoms with Gasteiger partial charge in [0.1, 0.15) is 11.6 Å². The molecular formula is C26H28F2N6O4. The molecule has 1 unspecified atom stereocenters. The zero-order valence-corrected chi connectivity index (χ0v) is 20.7. The molecule has 5 rings (SSSR count). The standard InChI is InChI=1S/C26H28F2N6O4/c1-26(14-35)13-31-22-18(26)10-16(12-30-22)19-4-7-29-25(33-19)34-20-3-2-15(11-21(20)38-24(27)28)23(36)32-17-5-8-37-9-6-17/h2-4,7,10-12,17,24,35H,5-6,8-9,13-14H2,1H3,(H,30,31)(H,32,36)(H,29,33,34). The fraction of sp³-hybridized carbons (Fsp3) is 0.385. The Morgan fingerprint density at radius 1 is 1.26 bits per heavy atom. The second-order valence-corrected chi connectivity index (χ2v) is 9.53. The summed E-state index contributed by atoms with van der Waals surface area (Å²) in [7, 11) is 0. The van der Waals surface area contributed by atoms with Gasteiger partial charge in [-0.15, -0.1) is 0 Å². The van der Waals surface area contributed by atoms with Crippen molar-refractivity contribution in [2.24, 2.45) is 0 Å². The van der Waals surface area contributed by atoms with Crippen LogP contribution in [0.3, 0.4) is 0 Å². The topological polar surface area (TPSA) is 131 Å². The first-order valence-corrected chi connectivity index (χ1v) is 12.3. The molecule has 2 aliphatic heterocycles. The van der Waals surface area contributed by atoms with Crippen LogP contribution in [0.1, 0.15) is 35.7 Å². The molecule has 0 aliphatic carbocycles. The zero-order chi connectivity index (χ0) is 26.7. The first-order chi connectivity index (χ1) is 18.3. The number of fused-ring (bicyclic) bond motifs is 1. The molecule has 0 saturated carbocycles. The van der Waals surface area contributed by atoms with E-state index >= 15 is 0 Å². The molecule has 1 fully saturated rings. The maximum atomic E-state index is 13.2. The number of carbonyl (C=O) groups excluding carboxylic acids is 1. The minimum atomic E-state index is -3.09. The molecule has 1 aromatic carbocycles. The maximum Gasteiger partial charge on any atom is 0.387 e. The number of anilines is 3. The Hall–Kier alpha value is -3.90. The van der Waals surface area contributed by atoms with Crippen LogP contribution in [-0.4, -0.2) is 65.0 Å². The third-order valence-corrected chi connectivity index (χ3v) is 6.75. The molecule has 2 aromatic heterocycles. The first kappa shape index (κ1) is 25.7. The molecule has 1 amide bonds. The molecule has 10 nitrogen and oxygen atoms in total. The van der Waals surface area contributed by atoms with E-state index in [-0.39, 0.29) is 41.5 Å². The molecule has 200 valence electrons. The Kier molecular flexibility index (Phi) is 7.34. The molecule has 0 bridgehead atoms. The number of alkyl halides is 2. The van der Waals surface area contributed by atoms with Gasteiger partial charge in [0.05, 0.1) is 18.0 Å². The quantitative estimate of drug-likeness (QED) is 0.349. The Bertz CT molecular complexity index is 1320. The van der Waals surface area contributed by atoms with Crippen molar-refractivity contribution < 1.29 is 28.2 Å². The molecule has 38 heavy (non-hydrogen) atoms. The molecule has 1 atom stereocenters. The highest BCUT2D eigenvalue weighted by atomic mass is 19.3. The van der Waals surface area contributed by atoms with Crippen molar-refractivity contribution in [3.8, 4) is 17.0 Å². The van der Waals surface area contributed by atoms with Crippen molar-refractivity contribution >= 4 is 23.4 Å². The number of nitrogens with one attached hydrogen (secondary N) is 3. The number of aliphatic hydroxyl groups is 1. The highest BCUT2D eigenvalue weighted by Crippen LogP contribution is 2.37. The predicted octanol–water partition coefficient (Wildman–Crippen LogP) is 3.47. The highest BCUT2D eigenvalue weighted by molar-refractivity contribution is 5.95. The normalized spacial score (nSPS) is 19.1. The third kappa shape index (κ3) is 5.50. The van der Waals surface area contributed by atoms with Crippen LogP contribution in [-0.2, 0) is 10.2 Å². The molecule has 0 spiro atoms. The number of halogens is 2. The van der Waals surface area contributed by atoms with Crippen LogP contribution in [0.15, 0.2) is 42.7 Å². The lowest BCUT2D eigenvalue weighted by molar-refractivity contribution is -0.0494. The van der Waals surface area contributed by atoms with E-state index in [1.807, 2.05) is 13.0 Å². The number of benzene rings is 1. The Balaban J connectivity index is 1.38. The molecule has 0 radical (unpaired) electrons. The fourth-order valence-electron chi connectivity index (χ4n) is 4.49. The van der Waals surface area contributed by atoms with Crippen LogP contribution >= 0.6 is 0 Å². The van der Waals surface area contributed by atoms with E-state index < -0.39 is 12.0 Å². The molecule has 4 heterocycles. The van der Waals surface area contributed by atoms with Crippen LogP contribution < -0.4 is 20.7 Å². The van der Waals surface area contributed by atoms with E-state index in [0.717, 1.165) is 5.56 Å². The van der Waals surface area contributed by atoms with E-state index in [4.69, 9.17) is 9.47 Å². The Morgan fingerprint density at radius 3 is 2.84 bits per heavy atom. The number of nitrogens with zero attached hydrogens (tertiary/aromatic N) is 3. The second kappa shape index (κ2) is 10.8. The van der Waals surface area contributed by atoms with Crippen LogP contribution in [0.5, 0.6) is 5.75 Å². The average Bonchev–Trinajstić information content (AvgIpc) is 3.26. The number of carbonyl (C=O) groups is 1. The highest BCUT2D eigenvalue weighted by Gasteiger charge is 2.35. The van der Waals surface area contributed by atoms with Crippen molar-refractivity contribution in [2.75, 3.05) is 37.0 Å². The smallest absolute Gasteiger partial charge is 0.387 e. The van der Waals surface area contributed by atoms with Gasteiger partial charge in [0.2, 0.25) is 5.95 Å². The Labute approximate surface area is 217 Å². The van der Waals surface area contributed by atoms with Crippen molar-refractivity contribution in [3.63, 3.8) is 0 Å². The van der Waals surface area contributed by atoms with Gasteiger partial charge in [-0.05, 0) is 43.2 Å². The van der Waals surface area contributed by atoms with Gasteiger partial charge >= 0.3 is 6.61 Å². The van der Waals surface area contributed by atoms with Crippen molar-refractivity contribution in [1.29, 1.82) is 0 Å². The van der Waals surface area contributed by atoms with Crippen molar-refractivity contribution in [2.45, 2.75) is 37.8 Å². The summed E-state index contributed by atoms with van der Waals surface area (Å²) in [6.45, 7) is 0.510. The zero-order valence-electron chi connectivity index (χ0n) is 20.7. The van der Waals surface area contributed by atoms with Crippen LogP contribution in [0.2, 0.25) is 0 Å². The number of amides is 1. The lowest BCUT2D eigenvalue weighted by atomic mass is 9.85. The third-order valence-electron chi connectivity index (χ3n) is 6.75. The number of hydrogen-bond acceptors (Lipinski definition) is 9. The van der Waals surface area contributed by atoms with E-state index in [0.29, 0.717) is 49.7 Å². The van der Waals surface area contributed by atoms with Crippen molar-refractivity contribution in [3.05, 3.63) is 53.9 Å². The fourth-order valence-corrected chi connectivity index (χ4v) is 4.49. The summed E-state index contributed by atoms with van der Waals surface area (Å²) >= 11 is 0. The predicted molar refractivity (Wildman–Crippen MR) is 136 cm³/mol. The van der Waals surface area contributed by atoms with Gasteiger partial charge in [-0.2, -0.15) is 8.78 Å². The number of hydrogen-bond donors (Lipinski definition) is 4. The second-order valence-electron chi connectivity index (χ2n) is 9.53. The van der Waals surface area contributed by atoms with E-state index in [2.05, 4.69) is 30.9 Å². The number of aliphatic hydroxyl groups excluding tert-OH is 1. The number of ether oxygens (including phenoxy) is 2. The summed E-state index contributed by atoms with van der Waals surface area (Å²) in [5, 5.41) is 18.9. The monoisotopic (exact) mass is 526 g/mol. The van der Waals surface area contributed by atoms with Gasteiger partial charge in [0, 0.05) is 60.3 Å². The van der Waals surface area contributed by atoms with Gasteiger partial charge in [0.25, 0.3) is 5.91 Å². The molecule has 12 heteroatoms. The molecule has 2 aliphatic rings. The van der Waals surface area contributed by atoms with Crippen molar-refractivity contribution in [1.82, 2.24) is 20.3 Å². The van der Waals surface area contributed by atoms with E-state index in [1.54, 1.807) is 12.3 Å². The lowest BCUT2D eigenvalue weighted by Crippen LogP contribution is -2.38. The molecule has 1 saturated heterocycles. The summed E-state index contributed by atoms with van der Waals surface area (Å²) in [6, 6.07) is 7.84. The summed E-state index contributed by atoms with van der Waals surface area (Å²) < 4.78 is 36.4. The van der Waals surface area contributed by atoms with Gasteiger partial charge in [-0.25, -0.2) is 15.0 Å². The minimum Gasteiger partial charge on any atom is -0.433 e. The first-order valence-electron chi connectivity index (χ1n) is 12.3. The maximum absolute atomic E-state index is 13.2. The largest absolute Gasteiger partial charge is 0.433 e. The number of aromatic nitrogens is 3. The van der Waals surface area contributed by atoms with Gasteiger partial charge < -0.3 is 30.5 Å². The summed E-state index contributed by atoms with van der Waals surface area (Å²) in [5.41, 5.74) is 2.04. The Morgan fingerprint density at radius 2 is 2.08 bits per heavy atom. The lowest BCUT2D eigenvalue weighted by Gasteiger charge is -2.23. The molecule has 3 aromatic rings. The van der Waals surface area contributed by atoms with Gasteiger partial charge in [0.15, 0.2) is 0 Å². The van der Waals surface area contributed by atoms with Gasteiger partial charge in [-0.1, -0.05) is 6.92 Å². The number of rotatable bonds is 8. The SMILES string of the molecule is CC1(CO)CNc2ncc(-c3ccnc(Nc4ccc(C(=O)NC5CCOCC5)cc4OC(F)F)n3)cc21. The van der Waals surface area contributed by atoms with Crippen LogP contribution in [0.25, 0.3) is 11.3 Å². The summed E-state index contributed by atoms with van der Waals surface area (Å²) in [4.78, 5) is 25.9. The molecular weight excluding hydrogens is 498 g/mol. The average molecular weight is 527 g/mol. The summed E-state index contributed by atoms with van der Waals surface area (Å²) in [5.74, 6) is 0.268. The minimum absolute atomic E-state index is 0.0370. The van der Waals surface area contributed by atoms with Gasteiger partial charge in [-0.3, -0.25) is 4.79 Å². The molecule has 4 N–H and O–H groups in total. The van der Waals surface area contributed by atoms with E-state index in [1.165, 1.54) is 24.4 Å².